The second-order valence-electron chi connectivity index (χ2n) is 4.60. The number of halogens is 3. The number of aromatic nitrogens is 1. The third-order valence-electron chi connectivity index (χ3n) is 3.11. The van der Waals surface area contributed by atoms with Gasteiger partial charge in [-0.2, -0.15) is 13.2 Å². The van der Waals surface area contributed by atoms with E-state index in [2.05, 4.69) is 4.98 Å². The minimum absolute atomic E-state index is 0.0152. The lowest BCUT2D eigenvalue weighted by Crippen LogP contribution is -2.03. The number of furan rings is 1. The van der Waals surface area contributed by atoms with Gasteiger partial charge in [0, 0.05) is 11.6 Å². The van der Waals surface area contributed by atoms with E-state index in [1.807, 2.05) is 0 Å². The highest BCUT2D eigenvalue weighted by Gasteiger charge is 2.31. The number of benzene rings is 1. The fourth-order valence-corrected chi connectivity index (χ4v) is 2.03. The predicted molar refractivity (Wildman–Crippen MR) is 71.4 cm³/mol. The molecule has 0 aliphatic heterocycles. The van der Waals surface area contributed by atoms with Crippen LogP contribution in [0, 0.1) is 0 Å². The summed E-state index contributed by atoms with van der Waals surface area (Å²) in [5.41, 5.74) is -0.494. The molecule has 2 heterocycles. The van der Waals surface area contributed by atoms with Gasteiger partial charge in [0.15, 0.2) is 5.76 Å². The first-order valence-corrected chi connectivity index (χ1v) is 6.15. The Balaban J connectivity index is 2.09. The van der Waals surface area contributed by atoms with E-state index >= 15 is 0 Å². The Bertz CT molecular complexity index is 868. The van der Waals surface area contributed by atoms with Crippen LogP contribution in [-0.2, 0) is 6.18 Å². The highest BCUT2D eigenvalue weighted by atomic mass is 19.4. The van der Waals surface area contributed by atoms with Crippen molar-refractivity contribution < 1.29 is 27.5 Å². The van der Waals surface area contributed by atoms with Crippen molar-refractivity contribution in [3.05, 3.63) is 53.7 Å². The lowest BCUT2D eigenvalue weighted by molar-refractivity contribution is -0.137. The lowest BCUT2D eigenvalue weighted by Gasteiger charge is -2.04. The van der Waals surface area contributed by atoms with Crippen molar-refractivity contribution in [2.45, 2.75) is 6.18 Å². The van der Waals surface area contributed by atoms with Crippen LogP contribution in [0.1, 0.15) is 15.9 Å². The summed E-state index contributed by atoms with van der Waals surface area (Å²) in [6.07, 6.45) is -3.16. The van der Waals surface area contributed by atoms with Gasteiger partial charge in [0.25, 0.3) is 0 Å². The summed E-state index contributed by atoms with van der Waals surface area (Å²) in [5, 5.41) is 9.42. The van der Waals surface area contributed by atoms with Crippen LogP contribution in [0.2, 0.25) is 0 Å². The van der Waals surface area contributed by atoms with Gasteiger partial charge in [-0.1, -0.05) is 6.07 Å². The standard InChI is InChI=1S/C15H8F3NO3/c16-15(17,18)10-2-1-8-6-13(22-12(8)7-10)11-5-9(14(20)21)3-4-19-11/h1-7H,(H,20,21). The van der Waals surface area contributed by atoms with Crippen molar-refractivity contribution in [2.75, 3.05) is 0 Å². The zero-order chi connectivity index (χ0) is 15.9. The number of fused-ring (bicyclic) bond motifs is 1. The van der Waals surface area contributed by atoms with Gasteiger partial charge < -0.3 is 9.52 Å². The third kappa shape index (κ3) is 2.52. The van der Waals surface area contributed by atoms with Crippen LogP contribution in [0.25, 0.3) is 22.4 Å². The maximum atomic E-state index is 12.7. The molecular weight excluding hydrogens is 299 g/mol. The zero-order valence-electron chi connectivity index (χ0n) is 10.9. The molecule has 1 N–H and O–H groups in total. The molecule has 7 heteroatoms. The summed E-state index contributed by atoms with van der Waals surface area (Å²) in [6.45, 7) is 0. The molecule has 22 heavy (non-hydrogen) atoms. The molecule has 0 saturated carbocycles. The van der Waals surface area contributed by atoms with Crippen molar-refractivity contribution in [1.29, 1.82) is 0 Å². The molecular formula is C15H8F3NO3. The summed E-state index contributed by atoms with van der Waals surface area (Å²) >= 11 is 0. The molecule has 0 fully saturated rings. The Kier molecular flexibility index (Phi) is 3.13. The van der Waals surface area contributed by atoms with Crippen LogP contribution >= 0.6 is 0 Å². The zero-order valence-corrected chi connectivity index (χ0v) is 10.9. The van der Waals surface area contributed by atoms with Gasteiger partial charge in [0.05, 0.1) is 11.1 Å². The van der Waals surface area contributed by atoms with Crippen molar-refractivity contribution in [3.63, 3.8) is 0 Å². The van der Waals surface area contributed by atoms with Crippen molar-refractivity contribution in [2.24, 2.45) is 0 Å². The number of pyridine rings is 1. The number of hydrogen-bond acceptors (Lipinski definition) is 3. The van der Waals surface area contributed by atoms with Gasteiger partial charge in [0.1, 0.15) is 11.3 Å². The second kappa shape index (κ2) is 4.87. The van der Waals surface area contributed by atoms with Crippen LogP contribution in [0.15, 0.2) is 47.0 Å². The third-order valence-corrected chi connectivity index (χ3v) is 3.11. The lowest BCUT2D eigenvalue weighted by atomic mass is 10.1. The maximum Gasteiger partial charge on any atom is 0.416 e. The number of carboxylic acids is 1. The van der Waals surface area contributed by atoms with E-state index in [-0.39, 0.29) is 22.6 Å². The van der Waals surface area contributed by atoms with Gasteiger partial charge in [0.2, 0.25) is 0 Å². The minimum atomic E-state index is -4.46. The molecule has 3 aromatic rings. The molecule has 0 amide bonds. The number of rotatable bonds is 2. The Hall–Kier alpha value is -2.83. The van der Waals surface area contributed by atoms with Crippen molar-refractivity contribution in [3.8, 4) is 11.5 Å². The molecule has 4 nitrogen and oxygen atoms in total. The minimum Gasteiger partial charge on any atom is -0.478 e. The van der Waals surface area contributed by atoms with Crippen LogP contribution in [0.5, 0.6) is 0 Å². The summed E-state index contributed by atoms with van der Waals surface area (Å²) < 4.78 is 43.4. The monoisotopic (exact) mass is 307 g/mol. The van der Waals surface area contributed by atoms with E-state index < -0.39 is 17.7 Å². The van der Waals surface area contributed by atoms with Crippen molar-refractivity contribution >= 4 is 16.9 Å². The van der Waals surface area contributed by atoms with E-state index in [1.54, 1.807) is 0 Å². The molecule has 0 aliphatic rings. The molecule has 1 aromatic carbocycles. The van der Waals surface area contributed by atoms with E-state index in [0.29, 0.717) is 5.39 Å². The van der Waals surface area contributed by atoms with Crippen LogP contribution in [-0.4, -0.2) is 16.1 Å². The number of aromatic carboxylic acids is 1. The molecule has 0 bridgehead atoms. The number of carboxylic acid groups (broad SMARTS) is 1. The summed E-state index contributed by atoms with van der Waals surface area (Å²) in [6, 6.07) is 7.29. The van der Waals surface area contributed by atoms with Gasteiger partial charge in [-0.25, -0.2) is 4.79 Å². The van der Waals surface area contributed by atoms with Crippen LogP contribution in [0.4, 0.5) is 13.2 Å². The topological polar surface area (TPSA) is 63.3 Å². The predicted octanol–water partition coefficient (Wildman–Crippen LogP) is 4.21. The fourth-order valence-electron chi connectivity index (χ4n) is 2.03. The summed E-state index contributed by atoms with van der Waals surface area (Å²) in [4.78, 5) is 14.9. The Morgan fingerprint density at radius 1 is 1.14 bits per heavy atom. The highest BCUT2D eigenvalue weighted by Crippen LogP contribution is 2.34. The molecule has 0 unspecified atom stereocenters. The molecule has 0 saturated heterocycles. The van der Waals surface area contributed by atoms with Gasteiger partial charge in [-0.3, -0.25) is 4.98 Å². The van der Waals surface area contributed by atoms with E-state index in [4.69, 9.17) is 9.52 Å². The van der Waals surface area contributed by atoms with E-state index in [1.165, 1.54) is 30.5 Å². The fraction of sp³-hybridized carbons (Fsp3) is 0.0667. The molecule has 0 aliphatic carbocycles. The Labute approximate surface area is 121 Å². The van der Waals surface area contributed by atoms with E-state index in [9.17, 15) is 18.0 Å². The molecule has 112 valence electrons. The quantitative estimate of drug-likeness (QED) is 0.770. The largest absolute Gasteiger partial charge is 0.478 e. The number of nitrogens with zero attached hydrogens (tertiary/aromatic N) is 1. The molecule has 0 atom stereocenters. The van der Waals surface area contributed by atoms with Crippen LogP contribution < -0.4 is 0 Å². The molecule has 2 aromatic heterocycles. The van der Waals surface area contributed by atoms with Crippen molar-refractivity contribution in [1.82, 2.24) is 4.98 Å². The Morgan fingerprint density at radius 3 is 2.59 bits per heavy atom. The Morgan fingerprint density at radius 2 is 1.91 bits per heavy atom. The number of alkyl halides is 3. The first kappa shape index (κ1) is 14.1. The van der Waals surface area contributed by atoms with Crippen LogP contribution in [0.3, 0.4) is 0 Å². The molecule has 3 rings (SSSR count). The van der Waals surface area contributed by atoms with Gasteiger partial charge in [-0.05, 0) is 30.3 Å². The van der Waals surface area contributed by atoms with E-state index in [0.717, 1.165) is 12.1 Å². The van der Waals surface area contributed by atoms with Gasteiger partial charge in [-0.15, -0.1) is 0 Å². The smallest absolute Gasteiger partial charge is 0.416 e. The average Bonchev–Trinajstić information content (AvgIpc) is 2.89. The highest BCUT2D eigenvalue weighted by molar-refractivity contribution is 5.89. The first-order valence-electron chi connectivity index (χ1n) is 6.15. The maximum absolute atomic E-state index is 12.7. The molecule has 0 spiro atoms. The first-order chi connectivity index (χ1) is 10.3. The second-order valence-corrected chi connectivity index (χ2v) is 4.60. The number of hydrogen-bond donors (Lipinski definition) is 1. The van der Waals surface area contributed by atoms with Gasteiger partial charge >= 0.3 is 12.1 Å². The summed E-state index contributed by atoms with van der Waals surface area (Å²) in [7, 11) is 0. The summed E-state index contributed by atoms with van der Waals surface area (Å²) in [5.74, 6) is -0.920. The SMILES string of the molecule is O=C(O)c1ccnc(-c2cc3ccc(C(F)(F)F)cc3o2)c1. The normalized spacial score (nSPS) is 11.8. The number of carbonyl (C=O) groups is 1. The average molecular weight is 307 g/mol. The molecule has 0 radical (unpaired) electrons.